The standard InChI is InChI=1S/C14H15N3O4/c1-21-9-3-2-8-7-15-17(14(20)10(8)6-9)11-4-5-12(18)16-13(11)19/h2-3,6-7,11,13,19H,4-5H2,1H3,(H,16,18). The van der Waals surface area contributed by atoms with Gasteiger partial charge in [-0.15, -0.1) is 0 Å². The number of hydrogen-bond donors (Lipinski definition) is 2. The Morgan fingerprint density at radius 1 is 1.43 bits per heavy atom. The number of carbonyl (C=O) groups excluding carboxylic acids is 1. The van der Waals surface area contributed by atoms with E-state index < -0.39 is 12.3 Å². The number of methoxy groups -OCH3 is 1. The van der Waals surface area contributed by atoms with Crippen LogP contribution in [0.4, 0.5) is 0 Å². The first kappa shape index (κ1) is 13.6. The second kappa shape index (κ2) is 5.17. The fourth-order valence-electron chi connectivity index (χ4n) is 2.52. The fraction of sp³-hybridized carbons (Fsp3) is 0.357. The summed E-state index contributed by atoms with van der Waals surface area (Å²) in [7, 11) is 1.53. The van der Waals surface area contributed by atoms with Crippen molar-refractivity contribution in [1.29, 1.82) is 0 Å². The van der Waals surface area contributed by atoms with Gasteiger partial charge >= 0.3 is 0 Å². The average Bonchev–Trinajstić information content (AvgIpc) is 2.48. The predicted octanol–water partition coefficient (Wildman–Crippen LogP) is 0.175. The number of nitrogens with zero attached hydrogens (tertiary/aromatic N) is 2. The Kier molecular flexibility index (Phi) is 3.34. The van der Waals surface area contributed by atoms with Crippen LogP contribution in [0.5, 0.6) is 5.75 Å². The molecule has 2 N–H and O–H groups in total. The van der Waals surface area contributed by atoms with Crippen molar-refractivity contribution in [3.8, 4) is 5.75 Å². The van der Waals surface area contributed by atoms with Gasteiger partial charge in [-0.3, -0.25) is 9.59 Å². The van der Waals surface area contributed by atoms with Gasteiger partial charge in [0.15, 0.2) is 0 Å². The van der Waals surface area contributed by atoms with Crippen molar-refractivity contribution in [2.24, 2.45) is 0 Å². The summed E-state index contributed by atoms with van der Waals surface area (Å²) in [5, 5.41) is 17.6. The Balaban J connectivity index is 2.09. The SMILES string of the molecule is COc1ccc2cnn(C3CCC(=O)NC3O)c(=O)c2c1. The van der Waals surface area contributed by atoms with Crippen molar-refractivity contribution < 1.29 is 14.6 Å². The Hall–Kier alpha value is -2.41. The van der Waals surface area contributed by atoms with Crippen LogP contribution in [0.2, 0.25) is 0 Å². The van der Waals surface area contributed by atoms with Crippen molar-refractivity contribution in [3.63, 3.8) is 0 Å². The molecule has 1 saturated heterocycles. The van der Waals surface area contributed by atoms with E-state index in [2.05, 4.69) is 10.4 Å². The van der Waals surface area contributed by atoms with Gasteiger partial charge in [0.2, 0.25) is 5.91 Å². The number of piperidine rings is 1. The number of benzene rings is 1. The largest absolute Gasteiger partial charge is 0.497 e. The Bertz CT molecular complexity index is 755. The second-order valence-electron chi connectivity index (χ2n) is 4.97. The number of nitrogens with one attached hydrogen (secondary N) is 1. The molecule has 2 unspecified atom stereocenters. The van der Waals surface area contributed by atoms with Crippen LogP contribution in [0.1, 0.15) is 18.9 Å². The summed E-state index contributed by atoms with van der Waals surface area (Å²) in [5.74, 6) is 0.351. The Labute approximate surface area is 120 Å². The van der Waals surface area contributed by atoms with E-state index in [-0.39, 0.29) is 17.9 Å². The molecule has 0 spiro atoms. The number of aromatic nitrogens is 2. The molecule has 1 fully saturated rings. The third-order valence-corrected chi connectivity index (χ3v) is 3.67. The Morgan fingerprint density at radius 2 is 2.24 bits per heavy atom. The molecule has 1 amide bonds. The van der Waals surface area contributed by atoms with Gasteiger partial charge < -0.3 is 15.2 Å². The number of aliphatic hydroxyl groups excluding tert-OH is 1. The van der Waals surface area contributed by atoms with Crippen LogP contribution in [0.15, 0.2) is 29.2 Å². The maximum absolute atomic E-state index is 12.5. The number of hydrogen-bond acceptors (Lipinski definition) is 5. The molecular formula is C14H15N3O4. The quantitative estimate of drug-likeness (QED) is 0.822. The molecule has 7 heteroatoms. The minimum Gasteiger partial charge on any atom is -0.497 e. The zero-order chi connectivity index (χ0) is 15.0. The first-order chi connectivity index (χ1) is 10.1. The third-order valence-electron chi connectivity index (χ3n) is 3.67. The van der Waals surface area contributed by atoms with Gasteiger partial charge in [0.1, 0.15) is 18.0 Å². The van der Waals surface area contributed by atoms with Crippen LogP contribution < -0.4 is 15.6 Å². The molecule has 2 heterocycles. The summed E-state index contributed by atoms with van der Waals surface area (Å²) >= 11 is 0. The first-order valence-corrected chi connectivity index (χ1v) is 6.63. The van der Waals surface area contributed by atoms with Crippen molar-refractivity contribution >= 4 is 16.7 Å². The molecule has 0 radical (unpaired) electrons. The summed E-state index contributed by atoms with van der Waals surface area (Å²) in [6, 6.07) is 4.59. The Morgan fingerprint density at radius 3 is 2.95 bits per heavy atom. The molecule has 7 nitrogen and oxygen atoms in total. The smallest absolute Gasteiger partial charge is 0.275 e. The van der Waals surface area contributed by atoms with Crippen LogP contribution in [0, 0.1) is 0 Å². The zero-order valence-electron chi connectivity index (χ0n) is 11.4. The van der Waals surface area contributed by atoms with E-state index in [9.17, 15) is 14.7 Å². The molecule has 1 aromatic carbocycles. The number of carbonyl (C=O) groups is 1. The molecule has 1 aliphatic rings. The number of amides is 1. The fourth-order valence-corrected chi connectivity index (χ4v) is 2.52. The van der Waals surface area contributed by atoms with Gasteiger partial charge in [-0.05, 0) is 24.6 Å². The van der Waals surface area contributed by atoms with E-state index in [1.807, 2.05) is 0 Å². The monoisotopic (exact) mass is 289 g/mol. The lowest BCUT2D eigenvalue weighted by Crippen LogP contribution is -2.48. The summed E-state index contributed by atoms with van der Waals surface area (Å²) in [6.07, 6.45) is 1.08. The minimum atomic E-state index is -1.11. The second-order valence-corrected chi connectivity index (χ2v) is 4.97. The molecule has 0 saturated carbocycles. The molecule has 0 aliphatic carbocycles. The van der Waals surface area contributed by atoms with E-state index in [1.54, 1.807) is 24.4 Å². The molecule has 2 atom stereocenters. The molecule has 3 rings (SSSR count). The molecule has 2 aromatic rings. The molecule has 1 aliphatic heterocycles. The van der Waals surface area contributed by atoms with E-state index >= 15 is 0 Å². The molecular weight excluding hydrogens is 274 g/mol. The number of fused-ring (bicyclic) bond motifs is 1. The van der Waals surface area contributed by atoms with Crippen LogP contribution in [0.3, 0.4) is 0 Å². The lowest BCUT2D eigenvalue weighted by Gasteiger charge is -2.28. The molecule has 110 valence electrons. The van der Waals surface area contributed by atoms with Crippen molar-refractivity contribution in [3.05, 3.63) is 34.7 Å². The summed E-state index contributed by atoms with van der Waals surface area (Å²) in [4.78, 5) is 23.8. The van der Waals surface area contributed by atoms with Crippen molar-refractivity contribution in [1.82, 2.24) is 15.1 Å². The van der Waals surface area contributed by atoms with Gasteiger partial charge in [-0.2, -0.15) is 5.10 Å². The summed E-state index contributed by atoms with van der Waals surface area (Å²) in [6.45, 7) is 0. The minimum absolute atomic E-state index is 0.228. The predicted molar refractivity (Wildman–Crippen MR) is 75.0 cm³/mol. The van der Waals surface area contributed by atoms with E-state index in [4.69, 9.17) is 4.74 Å². The topological polar surface area (TPSA) is 93.5 Å². The zero-order valence-corrected chi connectivity index (χ0v) is 11.4. The average molecular weight is 289 g/mol. The van der Waals surface area contributed by atoms with Gasteiger partial charge in [0.25, 0.3) is 5.56 Å². The highest BCUT2D eigenvalue weighted by Gasteiger charge is 2.30. The van der Waals surface area contributed by atoms with Gasteiger partial charge in [-0.1, -0.05) is 0 Å². The lowest BCUT2D eigenvalue weighted by molar-refractivity contribution is -0.128. The van der Waals surface area contributed by atoms with Crippen LogP contribution in [-0.2, 0) is 4.79 Å². The van der Waals surface area contributed by atoms with Crippen molar-refractivity contribution in [2.75, 3.05) is 7.11 Å². The molecule has 0 bridgehead atoms. The summed E-state index contributed by atoms with van der Waals surface area (Å²) in [5.41, 5.74) is -0.313. The number of aliphatic hydroxyl groups is 1. The van der Waals surface area contributed by atoms with Crippen LogP contribution in [-0.4, -0.2) is 34.1 Å². The van der Waals surface area contributed by atoms with E-state index in [0.29, 0.717) is 22.9 Å². The highest BCUT2D eigenvalue weighted by atomic mass is 16.5. The highest BCUT2D eigenvalue weighted by molar-refractivity contribution is 5.82. The number of ether oxygens (including phenoxy) is 1. The van der Waals surface area contributed by atoms with Gasteiger partial charge in [0, 0.05) is 11.8 Å². The molecule has 21 heavy (non-hydrogen) atoms. The third kappa shape index (κ3) is 2.36. The first-order valence-electron chi connectivity index (χ1n) is 6.63. The number of rotatable bonds is 2. The summed E-state index contributed by atoms with van der Waals surface area (Å²) < 4.78 is 6.35. The van der Waals surface area contributed by atoms with E-state index in [0.717, 1.165) is 0 Å². The molecule has 1 aromatic heterocycles. The van der Waals surface area contributed by atoms with E-state index in [1.165, 1.54) is 11.8 Å². The van der Waals surface area contributed by atoms with Crippen molar-refractivity contribution in [2.45, 2.75) is 25.1 Å². The highest BCUT2D eigenvalue weighted by Crippen LogP contribution is 2.21. The lowest BCUT2D eigenvalue weighted by atomic mass is 10.1. The van der Waals surface area contributed by atoms with Gasteiger partial charge in [0.05, 0.1) is 18.7 Å². The maximum atomic E-state index is 12.5. The maximum Gasteiger partial charge on any atom is 0.275 e. The van der Waals surface area contributed by atoms with Crippen LogP contribution in [0.25, 0.3) is 10.8 Å². The normalized spacial score (nSPS) is 22.1. The van der Waals surface area contributed by atoms with Gasteiger partial charge in [-0.25, -0.2) is 4.68 Å². The van der Waals surface area contributed by atoms with Crippen LogP contribution >= 0.6 is 0 Å².